The molecule has 6 heteroatoms. The van der Waals surface area contributed by atoms with Crippen molar-refractivity contribution in [1.29, 1.82) is 0 Å². The number of benzene rings is 2. The molecular formula is C19H21Cl2N3O. The van der Waals surface area contributed by atoms with Gasteiger partial charge in [0.2, 0.25) is 0 Å². The van der Waals surface area contributed by atoms with Crippen LogP contribution in [0.2, 0.25) is 10.0 Å². The van der Waals surface area contributed by atoms with Gasteiger partial charge in [0.25, 0.3) is 0 Å². The summed E-state index contributed by atoms with van der Waals surface area (Å²) in [5.41, 5.74) is 7.85. The summed E-state index contributed by atoms with van der Waals surface area (Å²) in [6.07, 6.45) is 1.69. The first-order valence-electron chi connectivity index (χ1n) is 8.24. The second kappa shape index (κ2) is 8.09. The van der Waals surface area contributed by atoms with E-state index in [0.29, 0.717) is 35.8 Å². The maximum Gasteiger partial charge on any atom is 0.193 e. The van der Waals surface area contributed by atoms with Gasteiger partial charge in [0.1, 0.15) is 0 Å². The van der Waals surface area contributed by atoms with Crippen LogP contribution < -0.4 is 11.1 Å². The van der Waals surface area contributed by atoms with Crippen LogP contribution in [-0.2, 0) is 10.2 Å². The number of hydrogen-bond donors (Lipinski definition) is 2. The molecule has 0 radical (unpaired) electrons. The predicted octanol–water partition coefficient (Wildman–Crippen LogP) is 4.47. The molecule has 1 heterocycles. The molecule has 3 rings (SSSR count). The molecule has 2 aromatic rings. The van der Waals surface area contributed by atoms with E-state index in [9.17, 15) is 0 Å². The number of rotatable bonds is 4. The van der Waals surface area contributed by atoms with Crippen LogP contribution in [0.5, 0.6) is 0 Å². The molecular weight excluding hydrogens is 357 g/mol. The molecule has 0 amide bonds. The third-order valence-corrected chi connectivity index (χ3v) is 5.10. The average molecular weight is 378 g/mol. The summed E-state index contributed by atoms with van der Waals surface area (Å²) in [5.74, 6) is 0.391. The van der Waals surface area contributed by atoms with Crippen molar-refractivity contribution in [2.45, 2.75) is 18.3 Å². The molecule has 3 N–H and O–H groups in total. The van der Waals surface area contributed by atoms with E-state index in [2.05, 4.69) is 10.3 Å². The number of nitrogens with zero attached hydrogens (tertiary/aromatic N) is 1. The van der Waals surface area contributed by atoms with Crippen LogP contribution >= 0.6 is 23.2 Å². The van der Waals surface area contributed by atoms with Gasteiger partial charge in [-0.25, -0.2) is 0 Å². The van der Waals surface area contributed by atoms with Gasteiger partial charge in [0, 0.05) is 34.4 Å². The maximum absolute atomic E-state index is 6.48. The number of para-hydroxylation sites is 1. The van der Waals surface area contributed by atoms with E-state index in [1.54, 1.807) is 6.07 Å². The highest BCUT2D eigenvalue weighted by Crippen LogP contribution is 2.39. The Kier molecular flexibility index (Phi) is 5.84. The van der Waals surface area contributed by atoms with E-state index in [0.717, 1.165) is 24.1 Å². The van der Waals surface area contributed by atoms with Crippen molar-refractivity contribution < 1.29 is 4.74 Å². The minimum Gasteiger partial charge on any atom is -0.381 e. The van der Waals surface area contributed by atoms with Gasteiger partial charge >= 0.3 is 0 Å². The number of nitrogens with one attached hydrogen (secondary N) is 1. The van der Waals surface area contributed by atoms with Crippen molar-refractivity contribution in [3.8, 4) is 0 Å². The normalized spacial score (nSPS) is 17.3. The zero-order valence-electron chi connectivity index (χ0n) is 13.8. The van der Waals surface area contributed by atoms with Gasteiger partial charge in [-0.1, -0.05) is 47.5 Å². The van der Waals surface area contributed by atoms with Gasteiger partial charge in [-0.05, 0) is 42.7 Å². The molecule has 0 atom stereocenters. The first-order chi connectivity index (χ1) is 12.1. The average Bonchev–Trinajstić information content (AvgIpc) is 2.62. The Morgan fingerprint density at radius 1 is 1.12 bits per heavy atom. The lowest BCUT2D eigenvalue weighted by Crippen LogP contribution is -2.38. The minimum atomic E-state index is -0.192. The van der Waals surface area contributed by atoms with Crippen LogP contribution in [0.25, 0.3) is 0 Å². The lowest BCUT2D eigenvalue weighted by Gasteiger charge is -2.37. The standard InChI is InChI=1S/C19H21Cl2N3O/c20-14-6-7-16(17(21)12-14)19(8-10-25-11-9-19)13-23-18(22)24-15-4-2-1-3-5-15/h1-7,12H,8-11,13H2,(H3,22,23,24). The number of hydrogen-bond acceptors (Lipinski definition) is 2. The zero-order valence-corrected chi connectivity index (χ0v) is 15.4. The molecule has 132 valence electrons. The molecule has 0 saturated carbocycles. The van der Waals surface area contributed by atoms with E-state index in [1.807, 2.05) is 42.5 Å². The smallest absolute Gasteiger partial charge is 0.193 e. The SMILES string of the molecule is NC(=NCC1(c2ccc(Cl)cc2Cl)CCOCC1)Nc1ccccc1. The van der Waals surface area contributed by atoms with Crippen LogP contribution in [0.1, 0.15) is 18.4 Å². The molecule has 4 nitrogen and oxygen atoms in total. The first kappa shape index (κ1) is 18.1. The highest BCUT2D eigenvalue weighted by Gasteiger charge is 2.36. The van der Waals surface area contributed by atoms with Crippen molar-refractivity contribution >= 4 is 34.8 Å². The Hall–Kier alpha value is -1.75. The fourth-order valence-electron chi connectivity index (χ4n) is 3.14. The highest BCUT2D eigenvalue weighted by molar-refractivity contribution is 6.35. The monoisotopic (exact) mass is 377 g/mol. The number of ether oxygens (including phenoxy) is 1. The molecule has 0 unspecified atom stereocenters. The molecule has 1 aliphatic rings. The minimum absolute atomic E-state index is 0.192. The van der Waals surface area contributed by atoms with Gasteiger partial charge in [0.15, 0.2) is 5.96 Å². The quantitative estimate of drug-likeness (QED) is 0.610. The van der Waals surface area contributed by atoms with E-state index in [1.165, 1.54) is 0 Å². The molecule has 0 spiro atoms. The van der Waals surface area contributed by atoms with E-state index >= 15 is 0 Å². The lowest BCUT2D eigenvalue weighted by atomic mass is 9.74. The van der Waals surface area contributed by atoms with Crippen molar-refractivity contribution in [1.82, 2.24) is 0 Å². The van der Waals surface area contributed by atoms with E-state index in [4.69, 9.17) is 33.7 Å². The van der Waals surface area contributed by atoms with Crippen LogP contribution in [0, 0.1) is 0 Å². The van der Waals surface area contributed by atoms with Gasteiger partial charge < -0.3 is 15.8 Å². The number of aliphatic imine (C=N–C) groups is 1. The Morgan fingerprint density at radius 2 is 1.84 bits per heavy atom. The van der Waals surface area contributed by atoms with E-state index in [-0.39, 0.29) is 5.41 Å². The zero-order chi connectivity index (χ0) is 17.7. The van der Waals surface area contributed by atoms with Crippen LogP contribution in [-0.4, -0.2) is 25.7 Å². The van der Waals surface area contributed by atoms with Crippen LogP contribution in [0.4, 0.5) is 5.69 Å². The van der Waals surface area contributed by atoms with E-state index < -0.39 is 0 Å². The third-order valence-electron chi connectivity index (χ3n) is 4.55. The maximum atomic E-state index is 6.48. The molecule has 2 aromatic carbocycles. The summed E-state index contributed by atoms with van der Waals surface area (Å²) >= 11 is 12.5. The Bertz CT molecular complexity index is 744. The van der Waals surface area contributed by atoms with Crippen molar-refractivity contribution in [2.24, 2.45) is 10.7 Å². The molecule has 1 saturated heterocycles. The summed E-state index contributed by atoms with van der Waals surface area (Å²) in [4.78, 5) is 4.59. The van der Waals surface area contributed by atoms with Gasteiger partial charge in [-0.3, -0.25) is 4.99 Å². The summed E-state index contributed by atoms with van der Waals surface area (Å²) in [6, 6.07) is 15.4. The number of halogens is 2. The lowest BCUT2D eigenvalue weighted by molar-refractivity contribution is 0.0532. The van der Waals surface area contributed by atoms with Crippen molar-refractivity contribution in [3.05, 3.63) is 64.1 Å². The molecule has 1 aliphatic heterocycles. The highest BCUT2D eigenvalue weighted by atomic mass is 35.5. The second-order valence-corrected chi connectivity index (χ2v) is 7.05. The Morgan fingerprint density at radius 3 is 2.52 bits per heavy atom. The largest absolute Gasteiger partial charge is 0.381 e. The molecule has 0 bridgehead atoms. The molecule has 0 aliphatic carbocycles. The summed E-state index contributed by atoms with van der Waals surface area (Å²) < 4.78 is 5.55. The van der Waals surface area contributed by atoms with Crippen molar-refractivity contribution in [2.75, 3.05) is 25.1 Å². The van der Waals surface area contributed by atoms with Crippen LogP contribution in [0.15, 0.2) is 53.5 Å². The Labute approximate surface area is 158 Å². The molecule has 25 heavy (non-hydrogen) atoms. The summed E-state index contributed by atoms with van der Waals surface area (Å²) in [5, 5.41) is 4.41. The topological polar surface area (TPSA) is 59.6 Å². The van der Waals surface area contributed by atoms with Gasteiger partial charge in [-0.15, -0.1) is 0 Å². The predicted molar refractivity (Wildman–Crippen MR) is 105 cm³/mol. The number of guanidine groups is 1. The molecule has 0 aromatic heterocycles. The Balaban J connectivity index is 1.82. The third kappa shape index (κ3) is 4.46. The van der Waals surface area contributed by atoms with Crippen LogP contribution in [0.3, 0.4) is 0 Å². The van der Waals surface area contributed by atoms with Gasteiger partial charge in [0.05, 0.1) is 6.54 Å². The van der Waals surface area contributed by atoms with Crippen molar-refractivity contribution in [3.63, 3.8) is 0 Å². The summed E-state index contributed by atoms with van der Waals surface area (Å²) in [7, 11) is 0. The fraction of sp³-hybridized carbons (Fsp3) is 0.316. The second-order valence-electron chi connectivity index (χ2n) is 6.21. The summed E-state index contributed by atoms with van der Waals surface area (Å²) in [6.45, 7) is 1.91. The van der Waals surface area contributed by atoms with Gasteiger partial charge in [-0.2, -0.15) is 0 Å². The first-order valence-corrected chi connectivity index (χ1v) is 9.00. The number of anilines is 1. The molecule has 1 fully saturated rings. The number of nitrogens with two attached hydrogens (primary N) is 1. The fourth-order valence-corrected chi connectivity index (χ4v) is 3.75.